The Hall–Kier alpha value is -1.18. The van der Waals surface area contributed by atoms with Crippen molar-refractivity contribution in [3.05, 3.63) is 23.8 Å². The second-order valence-corrected chi connectivity index (χ2v) is 5.42. The predicted molar refractivity (Wildman–Crippen MR) is 68.5 cm³/mol. The van der Waals surface area contributed by atoms with Crippen molar-refractivity contribution < 1.29 is 0 Å². The zero-order chi connectivity index (χ0) is 11.1. The summed E-state index contributed by atoms with van der Waals surface area (Å²) in [5, 5.41) is 3.73. The number of rotatable bonds is 4. The summed E-state index contributed by atoms with van der Waals surface area (Å²) in [5.74, 6) is 1.85. The van der Waals surface area contributed by atoms with Gasteiger partial charge in [-0.25, -0.2) is 0 Å². The Bertz CT molecular complexity index is 380. The van der Waals surface area contributed by atoms with Gasteiger partial charge in [0.1, 0.15) is 0 Å². The molecule has 2 aliphatic carbocycles. The van der Waals surface area contributed by atoms with Crippen molar-refractivity contribution in [2.45, 2.75) is 38.6 Å². The van der Waals surface area contributed by atoms with Gasteiger partial charge in [-0.1, -0.05) is 6.07 Å². The minimum Gasteiger partial charge on any atom is -0.399 e. The summed E-state index contributed by atoms with van der Waals surface area (Å²) in [6.45, 7) is 2.15. The van der Waals surface area contributed by atoms with Gasteiger partial charge in [0, 0.05) is 17.4 Å². The number of nitrogens with two attached hydrogens (primary N) is 1. The summed E-state index contributed by atoms with van der Waals surface area (Å²) in [5.41, 5.74) is 9.25. The van der Waals surface area contributed by atoms with Crippen LogP contribution in [0.5, 0.6) is 0 Å². The molecule has 0 aromatic heterocycles. The lowest BCUT2D eigenvalue weighted by atomic mass is 10.1. The summed E-state index contributed by atoms with van der Waals surface area (Å²) < 4.78 is 0. The number of nitrogens with one attached hydrogen (secondary N) is 1. The van der Waals surface area contributed by atoms with Crippen molar-refractivity contribution in [1.82, 2.24) is 0 Å². The van der Waals surface area contributed by atoms with Gasteiger partial charge in [0.05, 0.1) is 0 Å². The van der Waals surface area contributed by atoms with Gasteiger partial charge < -0.3 is 11.1 Å². The number of hydrogen-bond acceptors (Lipinski definition) is 2. The van der Waals surface area contributed by atoms with Crippen molar-refractivity contribution in [2.24, 2.45) is 11.8 Å². The second kappa shape index (κ2) is 3.69. The van der Waals surface area contributed by atoms with E-state index in [2.05, 4.69) is 24.4 Å². The Morgan fingerprint density at radius 3 is 2.38 bits per heavy atom. The van der Waals surface area contributed by atoms with Gasteiger partial charge in [-0.05, 0) is 62.1 Å². The Balaban J connectivity index is 1.78. The molecule has 1 aromatic rings. The van der Waals surface area contributed by atoms with Crippen LogP contribution in [0.15, 0.2) is 18.2 Å². The topological polar surface area (TPSA) is 38.0 Å². The first kappa shape index (κ1) is 10.0. The lowest BCUT2D eigenvalue weighted by molar-refractivity contribution is 0.567. The first-order chi connectivity index (χ1) is 7.74. The van der Waals surface area contributed by atoms with Crippen LogP contribution in [0, 0.1) is 18.8 Å². The fourth-order valence-corrected chi connectivity index (χ4v) is 2.51. The Labute approximate surface area is 97.2 Å². The van der Waals surface area contributed by atoms with Gasteiger partial charge in [0.15, 0.2) is 0 Å². The maximum atomic E-state index is 5.85. The first-order valence-corrected chi connectivity index (χ1v) is 6.37. The number of benzene rings is 1. The number of nitrogen functional groups attached to an aromatic ring is 1. The minimum absolute atomic E-state index is 0.709. The third-order valence-corrected chi connectivity index (χ3v) is 3.84. The lowest BCUT2D eigenvalue weighted by Crippen LogP contribution is -2.24. The summed E-state index contributed by atoms with van der Waals surface area (Å²) in [7, 11) is 0. The smallest absolute Gasteiger partial charge is 0.0392 e. The molecule has 0 atom stereocenters. The zero-order valence-corrected chi connectivity index (χ0v) is 9.87. The van der Waals surface area contributed by atoms with Crippen molar-refractivity contribution >= 4 is 11.4 Å². The molecule has 0 radical (unpaired) electrons. The van der Waals surface area contributed by atoms with Crippen molar-refractivity contribution in [1.29, 1.82) is 0 Å². The molecule has 2 fully saturated rings. The molecule has 0 bridgehead atoms. The van der Waals surface area contributed by atoms with E-state index in [9.17, 15) is 0 Å². The van der Waals surface area contributed by atoms with Crippen molar-refractivity contribution in [3.63, 3.8) is 0 Å². The maximum absolute atomic E-state index is 5.85. The molecule has 3 rings (SSSR count). The lowest BCUT2D eigenvalue weighted by Gasteiger charge is -2.20. The molecule has 3 N–H and O–H groups in total. The van der Waals surface area contributed by atoms with Crippen LogP contribution in [-0.4, -0.2) is 6.04 Å². The van der Waals surface area contributed by atoms with E-state index in [1.807, 2.05) is 6.07 Å². The fourth-order valence-electron chi connectivity index (χ4n) is 2.51. The molecule has 2 aliphatic rings. The molecule has 2 heteroatoms. The highest BCUT2D eigenvalue weighted by molar-refractivity contribution is 5.59. The van der Waals surface area contributed by atoms with Crippen molar-refractivity contribution in [3.8, 4) is 0 Å². The molecule has 2 saturated carbocycles. The van der Waals surface area contributed by atoms with Gasteiger partial charge in [0.25, 0.3) is 0 Å². The second-order valence-electron chi connectivity index (χ2n) is 5.42. The average Bonchev–Trinajstić information content (AvgIpc) is 3.13. The Kier molecular flexibility index (Phi) is 2.31. The van der Waals surface area contributed by atoms with Gasteiger partial charge in [0.2, 0.25) is 0 Å². The Morgan fingerprint density at radius 2 is 1.81 bits per heavy atom. The monoisotopic (exact) mass is 216 g/mol. The van der Waals surface area contributed by atoms with Crippen LogP contribution in [0.4, 0.5) is 11.4 Å². The van der Waals surface area contributed by atoms with Crippen LogP contribution in [-0.2, 0) is 0 Å². The maximum Gasteiger partial charge on any atom is 0.0392 e. The van der Waals surface area contributed by atoms with E-state index in [1.54, 1.807) is 0 Å². The minimum atomic E-state index is 0.709. The zero-order valence-electron chi connectivity index (χ0n) is 9.87. The van der Waals surface area contributed by atoms with Crippen LogP contribution in [0.1, 0.15) is 31.2 Å². The van der Waals surface area contributed by atoms with Crippen LogP contribution in [0.2, 0.25) is 0 Å². The first-order valence-electron chi connectivity index (χ1n) is 6.37. The Morgan fingerprint density at radius 1 is 1.19 bits per heavy atom. The molecular formula is C14H20N2. The molecule has 2 nitrogen and oxygen atoms in total. The van der Waals surface area contributed by atoms with E-state index in [0.29, 0.717) is 6.04 Å². The molecule has 0 unspecified atom stereocenters. The molecule has 1 aromatic carbocycles. The highest BCUT2D eigenvalue weighted by Crippen LogP contribution is 2.46. The summed E-state index contributed by atoms with van der Waals surface area (Å²) in [6, 6.07) is 6.87. The summed E-state index contributed by atoms with van der Waals surface area (Å²) >= 11 is 0. The summed E-state index contributed by atoms with van der Waals surface area (Å²) in [4.78, 5) is 0. The van der Waals surface area contributed by atoms with Crippen LogP contribution in [0.25, 0.3) is 0 Å². The third-order valence-electron chi connectivity index (χ3n) is 3.84. The predicted octanol–water partition coefficient (Wildman–Crippen LogP) is 3.18. The van der Waals surface area contributed by atoms with Gasteiger partial charge >= 0.3 is 0 Å². The molecule has 0 heterocycles. The SMILES string of the molecule is Cc1ccc(N)cc1NC(C1CC1)C1CC1. The molecule has 86 valence electrons. The summed E-state index contributed by atoms with van der Waals surface area (Å²) in [6.07, 6.45) is 5.65. The number of hydrogen-bond donors (Lipinski definition) is 2. The van der Waals surface area contributed by atoms with Gasteiger partial charge in [-0.2, -0.15) is 0 Å². The van der Waals surface area contributed by atoms with E-state index in [1.165, 1.54) is 36.9 Å². The number of aryl methyl sites for hydroxylation is 1. The van der Waals surface area contributed by atoms with E-state index in [4.69, 9.17) is 5.73 Å². The van der Waals surface area contributed by atoms with Crippen molar-refractivity contribution in [2.75, 3.05) is 11.1 Å². The fraction of sp³-hybridized carbons (Fsp3) is 0.571. The van der Waals surface area contributed by atoms with Crippen LogP contribution < -0.4 is 11.1 Å². The highest BCUT2D eigenvalue weighted by atomic mass is 15.0. The molecule has 0 saturated heterocycles. The highest BCUT2D eigenvalue weighted by Gasteiger charge is 2.41. The molecular weight excluding hydrogens is 196 g/mol. The quantitative estimate of drug-likeness (QED) is 0.759. The average molecular weight is 216 g/mol. The van der Waals surface area contributed by atoms with E-state index in [-0.39, 0.29) is 0 Å². The third kappa shape index (κ3) is 2.01. The number of anilines is 2. The van der Waals surface area contributed by atoms with E-state index in [0.717, 1.165) is 17.5 Å². The molecule has 16 heavy (non-hydrogen) atoms. The van der Waals surface area contributed by atoms with E-state index < -0.39 is 0 Å². The van der Waals surface area contributed by atoms with E-state index >= 15 is 0 Å². The van der Waals surface area contributed by atoms with Crippen LogP contribution in [0.3, 0.4) is 0 Å². The standard InChI is InChI=1S/C14H20N2/c1-9-2-7-12(15)8-13(9)16-14(10-3-4-10)11-5-6-11/h2,7-8,10-11,14,16H,3-6,15H2,1H3. The molecule has 0 spiro atoms. The molecule has 0 amide bonds. The normalized spacial score (nSPS) is 20.1. The van der Waals surface area contributed by atoms with Crippen LogP contribution >= 0.6 is 0 Å². The van der Waals surface area contributed by atoms with Gasteiger partial charge in [-0.3, -0.25) is 0 Å². The molecule has 0 aliphatic heterocycles. The largest absolute Gasteiger partial charge is 0.399 e. The van der Waals surface area contributed by atoms with Gasteiger partial charge in [-0.15, -0.1) is 0 Å².